The van der Waals surface area contributed by atoms with Crippen LogP contribution in [0.25, 0.3) is 0 Å². The molecule has 3 aromatic rings. The molecule has 0 bridgehead atoms. The van der Waals surface area contributed by atoms with Gasteiger partial charge in [-0.25, -0.2) is 22.0 Å². The van der Waals surface area contributed by atoms with Crippen LogP contribution < -0.4 is 19.7 Å². The van der Waals surface area contributed by atoms with Crippen molar-refractivity contribution in [1.82, 2.24) is 10.2 Å². The lowest BCUT2D eigenvalue weighted by atomic mass is 10.0. The fourth-order valence-corrected chi connectivity index (χ4v) is 5.23. The first kappa shape index (κ1) is 33.1. The Labute approximate surface area is 252 Å². The molecule has 228 valence electrons. The average Bonchev–Trinajstić information content (AvgIpc) is 2.93. The number of carbonyl (C=O) groups is 1. The molecule has 4 rings (SSSR count). The number of piperidine rings is 1. The lowest BCUT2D eigenvalue weighted by molar-refractivity contribution is 0.188. The van der Waals surface area contributed by atoms with Gasteiger partial charge in [-0.1, -0.05) is 25.5 Å². The van der Waals surface area contributed by atoms with E-state index in [1.54, 1.807) is 24.3 Å². The summed E-state index contributed by atoms with van der Waals surface area (Å²) in [6, 6.07) is 17.8. The third-order valence-electron chi connectivity index (χ3n) is 6.83. The van der Waals surface area contributed by atoms with Crippen molar-refractivity contribution in [2.24, 2.45) is 0 Å². The summed E-state index contributed by atoms with van der Waals surface area (Å²) in [6.07, 6.45) is 4.30. The van der Waals surface area contributed by atoms with E-state index in [-0.39, 0.29) is 24.5 Å². The molecule has 1 aliphatic heterocycles. The minimum Gasteiger partial charge on any atom is -0.457 e. The van der Waals surface area contributed by atoms with Gasteiger partial charge in [0, 0.05) is 49.7 Å². The summed E-state index contributed by atoms with van der Waals surface area (Å²) < 4.78 is 58.2. The van der Waals surface area contributed by atoms with Crippen molar-refractivity contribution in [1.29, 1.82) is 0 Å². The maximum atomic E-state index is 13.8. The van der Waals surface area contributed by atoms with Gasteiger partial charge in [0.05, 0.1) is 6.26 Å². The van der Waals surface area contributed by atoms with Crippen LogP contribution in [0.3, 0.4) is 0 Å². The van der Waals surface area contributed by atoms with Crippen LogP contribution in [-0.4, -0.2) is 51.3 Å². The number of urea groups is 1. The molecule has 0 spiro atoms. The second-order valence-electron chi connectivity index (χ2n) is 10.2. The maximum Gasteiger partial charge on any atom is 0.322 e. The lowest BCUT2D eigenvalue weighted by Gasteiger charge is -2.34. The number of hydrogen-bond donors (Lipinski definition) is 2. The van der Waals surface area contributed by atoms with E-state index in [1.165, 1.54) is 11.0 Å². The number of unbranched alkanes of at least 4 members (excludes halogenated alkanes) is 1. The van der Waals surface area contributed by atoms with Crippen LogP contribution in [0.5, 0.6) is 11.5 Å². The van der Waals surface area contributed by atoms with Crippen LogP contribution in [0.4, 0.5) is 25.0 Å². The van der Waals surface area contributed by atoms with E-state index >= 15 is 0 Å². The van der Waals surface area contributed by atoms with Crippen LogP contribution in [0.15, 0.2) is 66.7 Å². The highest BCUT2D eigenvalue weighted by Crippen LogP contribution is 2.25. The molecule has 3 aromatic carbocycles. The summed E-state index contributed by atoms with van der Waals surface area (Å²) in [5, 5.41) is 3.08. The topological polar surface area (TPSA) is 91.0 Å². The van der Waals surface area contributed by atoms with E-state index in [0.717, 1.165) is 69.3 Å². The van der Waals surface area contributed by atoms with Gasteiger partial charge in [-0.2, -0.15) is 0 Å². The molecule has 1 aliphatic rings. The van der Waals surface area contributed by atoms with Crippen molar-refractivity contribution in [2.75, 3.05) is 35.5 Å². The summed E-state index contributed by atoms with van der Waals surface area (Å²) in [5.74, 6) is -0.635. The summed E-state index contributed by atoms with van der Waals surface area (Å²) in [7, 11) is -3.33. The van der Waals surface area contributed by atoms with Crippen molar-refractivity contribution in [3.63, 3.8) is 0 Å². The number of amides is 2. The van der Waals surface area contributed by atoms with Gasteiger partial charge < -0.3 is 10.1 Å². The Hall–Kier alpha value is -3.41. The van der Waals surface area contributed by atoms with Crippen molar-refractivity contribution < 1.29 is 26.7 Å². The van der Waals surface area contributed by atoms with E-state index in [0.29, 0.717) is 29.4 Å². The van der Waals surface area contributed by atoms with Gasteiger partial charge in [-0.15, -0.1) is 12.4 Å². The number of carbonyl (C=O) groups excluding carboxylic acids is 1. The maximum absolute atomic E-state index is 13.8. The minimum atomic E-state index is -3.33. The van der Waals surface area contributed by atoms with Crippen molar-refractivity contribution in [3.05, 3.63) is 83.9 Å². The number of rotatable bonds is 11. The number of nitrogens with one attached hydrogen (secondary N) is 2. The van der Waals surface area contributed by atoms with Gasteiger partial charge in [-0.05, 0) is 73.4 Å². The number of anilines is 2. The molecule has 0 aliphatic carbocycles. The van der Waals surface area contributed by atoms with Gasteiger partial charge in [0.25, 0.3) is 0 Å². The quantitative estimate of drug-likeness (QED) is 0.254. The Bertz CT molecular complexity index is 1420. The summed E-state index contributed by atoms with van der Waals surface area (Å²) in [4.78, 5) is 16.9. The second-order valence-corrected chi connectivity index (χ2v) is 12.0. The number of hydrogen-bond acceptors (Lipinski definition) is 5. The van der Waals surface area contributed by atoms with Crippen LogP contribution in [0, 0.1) is 11.6 Å². The predicted octanol–water partition coefficient (Wildman–Crippen LogP) is 6.53. The van der Waals surface area contributed by atoms with E-state index in [2.05, 4.69) is 14.9 Å². The molecule has 0 atom stereocenters. The van der Waals surface area contributed by atoms with Gasteiger partial charge in [0.2, 0.25) is 10.0 Å². The first-order valence-corrected chi connectivity index (χ1v) is 15.6. The van der Waals surface area contributed by atoms with Crippen LogP contribution in [0.1, 0.15) is 38.2 Å². The van der Waals surface area contributed by atoms with Gasteiger partial charge in [0.1, 0.15) is 11.5 Å². The first-order valence-electron chi connectivity index (χ1n) is 13.7. The third kappa shape index (κ3) is 9.85. The molecule has 12 heteroatoms. The molecular formula is C30H37ClF2N4O4S. The molecule has 1 heterocycles. The largest absolute Gasteiger partial charge is 0.457 e. The fourth-order valence-electron chi connectivity index (χ4n) is 4.67. The predicted molar refractivity (Wildman–Crippen MR) is 164 cm³/mol. The molecule has 42 heavy (non-hydrogen) atoms. The molecular weight excluding hydrogens is 586 g/mol. The Morgan fingerprint density at radius 2 is 1.60 bits per heavy atom. The van der Waals surface area contributed by atoms with Crippen molar-refractivity contribution >= 4 is 39.8 Å². The molecule has 0 radical (unpaired) electrons. The normalized spacial score (nSPS) is 14.1. The smallest absolute Gasteiger partial charge is 0.322 e. The van der Waals surface area contributed by atoms with Crippen molar-refractivity contribution in [3.8, 4) is 11.5 Å². The monoisotopic (exact) mass is 622 g/mol. The second kappa shape index (κ2) is 15.2. The zero-order chi connectivity index (χ0) is 29.4. The first-order chi connectivity index (χ1) is 19.6. The zero-order valence-corrected chi connectivity index (χ0v) is 25.3. The minimum absolute atomic E-state index is 0. The summed E-state index contributed by atoms with van der Waals surface area (Å²) >= 11 is 0. The highest BCUT2D eigenvalue weighted by Gasteiger charge is 2.24. The molecule has 1 saturated heterocycles. The number of nitrogens with zero attached hydrogens (tertiary/aromatic N) is 2. The highest BCUT2D eigenvalue weighted by atomic mass is 35.5. The van der Waals surface area contributed by atoms with E-state index in [9.17, 15) is 22.0 Å². The van der Waals surface area contributed by atoms with E-state index in [4.69, 9.17) is 4.74 Å². The molecule has 2 N–H and O–H groups in total. The summed E-state index contributed by atoms with van der Waals surface area (Å²) in [6.45, 7) is 4.84. The molecule has 8 nitrogen and oxygen atoms in total. The number of likely N-dealkylation sites (tertiary alicyclic amines) is 1. The Balaban J connectivity index is 0.00000484. The molecule has 0 aromatic heterocycles. The van der Waals surface area contributed by atoms with Gasteiger partial charge >= 0.3 is 6.03 Å². The van der Waals surface area contributed by atoms with Crippen LogP contribution >= 0.6 is 12.4 Å². The molecule has 0 unspecified atom stereocenters. The standard InChI is InChI=1S/C30H36F2N4O4S.ClH/c1-3-4-17-36(25-9-14-28(31)29(32)20-25)30(37)33-23-15-18-35(19-16-23)21-22-5-10-26(11-6-22)40-27-12-7-24(8-13-27)34-41(2,38)39;/h5-14,20,23,34H,3-4,15-19,21H2,1-2H3,(H,33,37);1H. The number of benzene rings is 3. The molecule has 1 fully saturated rings. The number of ether oxygens (including phenoxy) is 1. The molecule has 0 saturated carbocycles. The van der Waals surface area contributed by atoms with Gasteiger partial charge in [-0.3, -0.25) is 14.5 Å². The van der Waals surface area contributed by atoms with Crippen LogP contribution in [0.2, 0.25) is 0 Å². The highest BCUT2D eigenvalue weighted by molar-refractivity contribution is 7.92. The Kier molecular flexibility index (Phi) is 12.0. The van der Waals surface area contributed by atoms with Crippen LogP contribution in [-0.2, 0) is 16.6 Å². The SMILES string of the molecule is CCCCN(C(=O)NC1CCN(Cc2ccc(Oc3ccc(NS(C)(=O)=O)cc3)cc2)CC1)c1ccc(F)c(F)c1.Cl. The lowest BCUT2D eigenvalue weighted by Crippen LogP contribution is -2.49. The fraction of sp³-hybridized carbons (Fsp3) is 0.367. The summed E-state index contributed by atoms with van der Waals surface area (Å²) in [5.41, 5.74) is 1.95. The zero-order valence-electron chi connectivity index (χ0n) is 23.7. The number of halogens is 3. The van der Waals surface area contributed by atoms with E-state index < -0.39 is 21.7 Å². The molecule has 2 amide bonds. The van der Waals surface area contributed by atoms with Gasteiger partial charge in [0.15, 0.2) is 11.6 Å². The van der Waals surface area contributed by atoms with E-state index in [1.807, 2.05) is 31.2 Å². The average molecular weight is 623 g/mol. The Morgan fingerprint density at radius 1 is 0.976 bits per heavy atom. The Morgan fingerprint density at radius 3 is 2.17 bits per heavy atom. The number of sulfonamides is 1. The van der Waals surface area contributed by atoms with Crippen molar-refractivity contribution in [2.45, 2.75) is 45.2 Å². The third-order valence-corrected chi connectivity index (χ3v) is 7.44.